The van der Waals surface area contributed by atoms with Gasteiger partial charge < -0.3 is 4.74 Å². The molecule has 0 aromatic heterocycles. The van der Waals surface area contributed by atoms with Crippen molar-refractivity contribution in [1.29, 1.82) is 0 Å². The number of aldehydes is 1. The molecule has 0 heterocycles. The monoisotopic (exact) mass is 283 g/mol. The molecule has 0 unspecified atom stereocenters. The first kappa shape index (κ1) is 12.9. The van der Waals surface area contributed by atoms with Gasteiger partial charge in [-0.25, -0.2) is 0 Å². The van der Waals surface area contributed by atoms with Crippen LogP contribution in [0.3, 0.4) is 0 Å². The Kier molecular flexibility index (Phi) is 5.19. The minimum absolute atomic E-state index is 0.298. The van der Waals surface area contributed by atoms with Crippen molar-refractivity contribution < 1.29 is 14.3 Å². The van der Waals surface area contributed by atoms with E-state index in [-0.39, 0.29) is 5.97 Å². The Labute approximate surface area is 103 Å². The van der Waals surface area contributed by atoms with Crippen molar-refractivity contribution in [2.45, 2.75) is 19.3 Å². The highest BCUT2D eigenvalue weighted by Crippen LogP contribution is 2.22. The van der Waals surface area contributed by atoms with E-state index < -0.39 is 0 Å². The zero-order valence-corrected chi connectivity index (χ0v) is 10.3. The molecule has 1 radical (unpaired) electrons. The fraction of sp³-hybridized carbons (Fsp3) is 0.250. The molecular formula is C12H12BrO3. The van der Waals surface area contributed by atoms with E-state index in [2.05, 4.69) is 22.9 Å². The number of unbranched alkanes of at least 4 members (excludes halogenated alkanes) is 1. The van der Waals surface area contributed by atoms with Crippen LogP contribution in [0.4, 0.5) is 0 Å². The Balaban J connectivity index is 2.72. The van der Waals surface area contributed by atoms with Crippen LogP contribution in [0.1, 0.15) is 29.6 Å². The average Bonchev–Trinajstić information content (AvgIpc) is 2.28. The lowest BCUT2D eigenvalue weighted by atomic mass is 10.2. The van der Waals surface area contributed by atoms with Gasteiger partial charge in [0, 0.05) is 10.9 Å². The molecule has 1 rings (SSSR count). The molecule has 0 spiro atoms. The highest BCUT2D eigenvalue weighted by molar-refractivity contribution is 9.10. The van der Waals surface area contributed by atoms with E-state index in [4.69, 9.17) is 4.74 Å². The normalized spacial score (nSPS) is 9.88. The van der Waals surface area contributed by atoms with E-state index in [0.29, 0.717) is 36.9 Å². The average molecular weight is 284 g/mol. The lowest BCUT2D eigenvalue weighted by molar-refractivity contribution is -0.134. The van der Waals surface area contributed by atoms with E-state index >= 15 is 0 Å². The van der Waals surface area contributed by atoms with Crippen LogP contribution in [-0.4, -0.2) is 12.3 Å². The SMILES string of the molecule is [CH2]CCCC(=O)Oc1ccc(Br)cc1C=O. The van der Waals surface area contributed by atoms with E-state index in [0.717, 1.165) is 4.47 Å². The molecule has 1 aromatic carbocycles. The molecule has 0 atom stereocenters. The van der Waals surface area contributed by atoms with E-state index in [1.165, 1.54) is 0 Å². The number of carbonyl (C=O) groups excluding carboxylic acids is 2. The van der Waals surface area contributed by atoms with Crippen molar-refractivity contribution in [2.75, 3.05) is 0 Å². The van der Waals surface area contributed by atoms with Crippen LogP contribution >= 0.6 is 15.9 Å². The smallest absolute Gasteiger partial charge is 0.311 e. The first-order chi connectivity index (χ1) is 7.67. The third kappa shape index (κ3) is 3.77. The van der Waals surface area contributed by atoms with Crippen LogP contribution in [0, 0.1) is 6.92 Å². The van der Waals surface area contributed by atoms with Crippen molar-refractivity contribution in [3.05, 3.63) is 35.2 Å². The Morgan fingerprint density at radius 1 is 1.50 bits per heavy atom. The summed E-state index contributed by atoms with van der Waals surface area (Å²) < 4.78 is 5.85. The van der Waals surface area contributed by atoms with Crippen LogP contribution in [0.25, 0.3) is 0 Å². The molecule has 0 bridgehead atoms. The summed E-state index contributed by atoms with van der Waals surface area (Å²) in [5.41, 5.74) is 0.359. The van der Waals surface area contributed by atoms with Gasteiger partial charge in [0.25, 0.3) is 0 Å². The minimum atomic E-state index is -0.339. The summed E-state index contributed by atoms with van der Waals surface area (Å²) in [6.45, 7) is 3.64. The maximum absolute atomic E-state index is 11.3. The standard InChI is InChI=1S/C12H12BrO3/c1-2-3-4-12(15)16-11-6-5-10(13)7-9(11)8-14/h5-8H,1-4H2. The summed E-state index contributed by atoms with van der Waals surface area (Å²) in [6.07, 6.45) is 2.36. The first-order valence-corrected chi connectivity index (χ1v) is 5.71. The minimum Gasteiger partial charge on any atom is -0.426 e. The van der Waals surface area contributed by atoms with Gasteiger partial charge in [-0.1, -0.05) is 29.3 Å². The first-order valence-electron chi connectivity index (χ1n) is 4.92. The highest BCUT2D eigenvalue weighted by atomic mass is 79.9. The molecule has 0 aliphatic carbocycles. The van der Waals surface area contributed by atoms with Crippen LogP contribution < -0.4 is 4.74 Å². The van der Waals surface area contributed by atoms with E-state index in [1.54, 1.807) is 18.2 Å². The molecule has 0 N–H and O–H groups in total. The second kappa shape index (κ2) is 6.43. The quantitative estimate of drug-likeness (QED) is 0.474. The topological polar surface area (TPSA) is 43.4 Å². The zero-order chi connectivity index (χ0) is 12.0. The number of rotatable bonds is 5. The predicted octanol–water partition coefficient (Wildman–Crippen LogP) is 3.17. The summed E-state index contributed by atoms with van der Waals surface area (Å²) in [5.74, 6) is -0.0404. The maximum Gasteiger partial charge on any atom is 0.311 e. The predicted molar refractivity (Wildman–Crippen MR) is 64.4 cm³/mol. The van der Waals surface area contributed by atoms with Gasteiger partial charge in [-0.05, 0) is 24.6 Å². The van der Waals surface area contributed by atoms with Gasteiger partial charge in [0.1, 0.15) is 5.75 Å². The summed E-state index contributed by atoms with van der Waals surface area (Å²) in [6, 6.07) is 4.92. The Morgan fingerprint density at radius 2 is 2.25 bits per heavy atom. The summed E-state index contributed by atoms with van der Waals surface area (Å²) in [4.78, 5) is 22.1. The molecule has 0 saturated heterocycles. The Bertz CT molecular complexity index is 388. The number of carbonyl (C=O) groups is 2. The third-order valence-electron chi connectivity index (χ3n) is 1.95. The molecule has 0 fully saturated rings. The molecule has 1 aromatic rings. The van der Waals surface area contributed by atoms with Gasteiger partial charge in [0.15, 0.2) is 6.29 Å². The van der Waals surface area contributed by atoms with Crippen LogP contribution in [-0.2, 0) is 4.79 Å². The second-order valence-corrected chi connectivity index (χ2v) is 4.15. The van der Waals surface area contributed by atoms with Crippen LogP contribution in [0.2, 0.25) is 0 Å². The zero-order valence-electron chi connectivity index (χ0n) is 8.74. The fourth-order valence-electron chi connectivity index (χ4n) is 1.15. The van der Waals surface area contributed by atoms with Gasteiger partial charge in [-0.2, -0.15) is 0 Å². The summed E-state index contributed by atoms with van der Waals surface area (Å²) in [7, 11) is 0. The molecule has 0 aliphatic heterocycles. The van der Waals surface area contributed by atoms with Crippen LogP contribution in [0.15, 0.2) is 22.7 Å². The van der Waals surface area contributed by atoms with Gasteiger partial charge in [0.2, 0.25) is 0 Å². The number of hydrogen-bond donors (Lipinski definition) is 0. The van der Waals surface area contributed by atoms with E-state index in [1.807, 2.05) is 0 Å². The lowest BCUT2D eigenvalue weighted by Crippen LogP contribution is -2.08. The van der Waals surface area contributed by atoms with Crippen molar-refractivity contribution in [3.8, 4) is 5.75 Å². The molecule has 85 valence electrons. The van der Waals surface area contributed by atoms with Crippen molar-refractivity contribution >= 4 is 28.2 Å². The number of ether oxygens (including phenoxy) is 1. The Hall–Kier alpha value is -1.16. The lowest BCUT2D eigenvalue weighted by Gasteiger charge is -2.06. The molecule has 0 amide bonds. The second-order valence-electron chi connectivity index (χ2n) is 3.23. The molecule has 0 saturated carbocycles. The molecule has 3 nitrogen and oxygen atoms in total. The van der Waals surface area contributed by atoms with Gasteiger partial charge in [0.05, 0.1) is 5.56 Å². The maximum atomic E-state index is 11.3. The van der Waals surface area contributed by atoms with Crippen molar-refractivity contribution in [1.82, 2.24) is 0 Å². The highest BCUT2D eigenvalue weighted by Gasteiger charge is 2.08. The largest absolute Gasteiger partial charge is 0.426 e. The van der Waals surface area contributed by atoms with Gasteiger partial charge >= 0.3 is 5.97 Å². The fourth-order valence-corrected chi connectivity index (χ4v) is 1.53. The number of halogens is 1. The third-order valence-corrected chi connectivity index (χ3v) is 2.45. The summed E-state index contributed by atoms with van der Waals surface area (Å²) >= 11 is 3.24. The number of benzene rings is 1. The van der Waals surface area contributed by atoms with E-state index in [9.17, 15) is 9.59 Å². The number of hydrogen-bond acceptors (Lipinski definition) is 3. The molecule has 16 heavy (non-hydrogen) atoms. The summed E-state index contributed by atoms with van der Waals surface area (Å²) in [5, 5.41) is 0. The molecular weight excluding hydrogens is 272 g/mol. The van der Waals surface area contributed by atoms with Gasteiger partial charge in [-0.3, -0.25) is 9.59 Å². The Morgan fingerprint density at radius 3 is 2.88 bits per heavy atom. The van der Waals surface area contributed by atoms with Gasteiger partial charge in [-0.15, -0.1) is 0 Å². The number of esters is 1. The van der Waals surface area contributed by atoms with Crippen LogP contribution in [0.5, 0.6) is 5.75 Å². The van der Waals surface area contributed by atoms with Crippen molar-refractivity contribution in [2.24, 2.45) is 0 Å². The molecule has 0 aliphatic rings. The molecule has 4 heteroatoms. The van der Waals surface area contributed by atoms with Crippen molar-refractivity contribution in [3.63, 3.8) is 0 Å².